The fourth-order valence-electron chi connectivity index (χ4n) is 3.05. The first-order valence-electron chi connectivity index (χ1n) is 8.84. The zero-order valence-electron chi connectivity index (χ0n) is 16.2. The molecule has 0 bridgehead atoms. The Labute approximate surface area is 168 Å². The van der Waals surface area contributed by atoms with Crippen molar-refractivity contribution in [1.29, 1.82) is 0 Å². The van der Waals surface area contributed by atoms with Crippen LogP contribution in [-0.4, -0.2) is 6.03 Å². The van der Waals surface area contributed by atoms with E-state index in [1.807, 2.05) is 37.5 Å². The minimum Gasteiger partial charge on any atom is -0.489 e. The average Bonchev–Trinajstić information content (AvgIpc) is 3.12. The molecule has 0 aliphatic carbocycles. The van der Waals surface area contributed by atoms with Gasteiger partial charge in [-0.2, -0.15) is 0 Å². The highest BCUT2D eigenvalue weighted by atomic mass is 32.1. The second-order valence-corrected chi connectivity index (χ2v) is 7.51. The molecular weight excluding hydrogens is 372 g/mol. The monoisotopic (exact) mass is 396 g/mol. The number of nitrogens with zero attached hydrogens (tertiary/aromatic N) is 1. The van der Waals surface area contributed by atoms with Crippen LogP contribution >= 0.6 is 11.3 Å². The normalized spacial score (nSPS) is 10.6. The molecule has 0 radical (unpaired) electrons. The fraction of sp³-hybridized carbons (Fsp3) is 0.190. The molecule has 28 heavy (non-hydrogen) atoms. The summed E-state index contributed by atoms with van der Waals surface area (Å²) < 4.78 is 6.07. The van der Waals surface area contributed by atoms with Crippen LogP contribution in [0.25, 0.3) is 10.4 Å². The Morgan fingerprint density at radius 2 is 1.89 bits per heavy atom. The van der Waals surface area contributed by atoms with Gasteiger partial charge in [-0.25, -0.2) is 21.5 Å². The summed E-state index contributed by atoms with van der Waals surface area (Å²) in [6.07, 6.45) is 0. The van der Waals surface area contributed by atoms with E-state index >= 15 is 0 Å². The van der Waals surface area contributed by atoms with E-state index in [1.165, 1.54) is 16.0 Å². The predicted molar refractivity (Wildman–Crippen MR) is 114 cm³/mol. The van der Waals surface area contributed by atoms with E-state index < -0.39 is 6.03 Å². The van der Waals surface area contributed by atoms with Crippen LogP contribution in [0.4, 0.5) is 10.5 Å². The molecule has 7 heteroatoms. The van der Waals surface area contributed by atoms with Gasteiger partial charge in [-0.15, -0.1) is 11.3 Å². The number of urea groups is 1. The van der Waals surface area contributed by atoms with E-state index in [4.69, 9.17) is 16.4 Å². The number of carbonyl (C=O) groups excluding carboxylic acids is 1. The van der Waals surface area contributed by atoms with Gasteiger partial charge in [-0.3, -0.25) is 5.43 Å². The molecule has 2 aromatic carbocycles. The van der Waals surface area contributed by atoms with Crippen LogP contribution in [0.3, 0.4) is 0 Å². The number of anilines is 1. The zero-order chi connectivity index (χ0) is 20.3. The van der Waals surface area contributed by atoms with E-state index in [0.717, 1.165) is 27.4 Å². The molecule has 0 unspecified atom stereocenters. The van der Waals surface area contributed by atoms with Crippen LogP contribution in [0.2, 0.25) is 0 Å². The van der Waals surface area contributed by atoms with Gasteiger partial charge in [0.25, 0.3) is 0 Å². The Morgan fingerprint density at radius 1 is 1.11 bits per heavy atom. The lowest BCUT2D eigenvalue weighted by molar-refractivity contribution is 0.246. The average molecular weight is 397 g/mol. The fourth-order valence-corrected chi connectivity index (χ4v) is 3.98. The summed E-state index contributed by atoms with van der Waals surface area (Å²) >= 11 is 1.73. The van der Waals surface area contributed by atoms with Crippen molar-refractivity contribution in [2.45, 2.75) is 27.4 Å². The summed E-state index contributed by atoms with van der Waals surface area (Å²) in [6, 6.07) is 13.2. The van der Waals surface area contributed by atoms with Crippen molar-refractivity contribution in [3.63, 3.8) is 0 Å². The molecule has 3 aromatic rings. The number of thiophene rings is 1. The van der Waals surface area contributed by atoms with Crippen molar-refractivity contribution in [2.75, 3.05) is 5.01 Å². The van der Waals surface area contributed by atoms with E-state index in [0.29, 0.717) is 5.69 Å². The van der Waals surface area contributed by atoms with Crippen LogP contribution in [0.1, 0.15) is 22.3 Å². The van der Waals surface area contributed by atoms with Crippen molar-refractivity contribution in [1.82, 2.24) is 5.43 Å². The van der Waals surface area contributed by atoms with Gasteiger partial charge < -0.3 is 4.74 Å². The summed E-state index contributed by atoms with van der Waals surface area (Å²) in [5, 5.41) is 3.08. The van der Waals surface area contributed by atoms with Crippen molar-refractivity contribution >= 4 is 23.1 Å². The molecule has 0 saturated carbocycles. The number of nitrogens with two attached hydrogens (primary N) is 2. The number of benzene rings is 2. The number of hydrogen-bond acceptors (Lipinski definition) is 5. The Hall–Kier alpha value is -2.87. The molecule has 0 fully saturated rings. The van der Waals surface area contributed by atoms with Crippen molar-refractivity contribution in [3.05, 3.63) is 70.1 Å². The summed E-state index contributed by atoms with van der Waals surface area (Å²) in [5.74, 6) is 11.9. The van der Waals surface area contributed by atoms with Crippen molar-refractivity contribution < 1.29 is 9.53 Å². The highest BCUT2D eigenvalue weighted by molar-refractivity contribution is 7.13. The van der Waals surface area contributed by atoms with E-state index in [2.05, 4.69) is 30.5 Å². The topological polar surface area (TPSA) is 93.6 Å². The summed E-state index contributed by atoms with van der Waals surface area (Å²) in [7, 11) is 0. The Kier molecular flexibility index (Phi) is 5.99. The number of carbonyl (C=O) groups is 1. The first kappa shape index (κ1) is 19.9. The van der Waals surface area contributed by atoms with E-state index in [-0.39, 0.29) is 6.61 Å². The molecule has 3 rings (SSSR count). The lowest BCUT2D eigenvalue weighted by Gasteiger charge is -2.21. The Morgan fingerprint density at radius 3 is 2.54 bits per heavy atom. The summed E-state index contributed by atoms with van der Waals surface area (Å²) in [4.78, 5) is 13.1. The van der Waals surface area contributed by atoms with Gasteiger partial charge in [0, 0.05) is 10.4 Å². The SMILES string of the molecule is Cc1cc(-c2sccc2C)ccc1OCc1c(C)cccc1N(N)C(=O)NN. The molecule has 0 atom stereocenters. The minimum absolute atomic E-state index is 0.284. The smallest absolute Gasteiger partial charge is 0.350 e. The zero-order valence-corrected chi connectivity index (χ0v) is 17.0. The Bertz CT molecular complexity index is 1000. The van der Waals surface area contributed by atoms with Gasteiger partial charge >= 0.3 is 6.03 Å². The number of aryl methyl sites for hydroxylation is 3. The molecule has 0 aliphatic rings. The molecule has 0 aliphatic heterocycles. The van der Waals surface area contributed by atoms with Gasteiger partial charge in [0.05, 0.1) is 5.69 Å². The van der Waals surface area contributed by atoms with Crippen LogP contribution in [0.5, 0.6) is 5.75 Å². The van der Waals surface area contributed by atoms with Gasteiger partial charge in [-0.1, -0.05) is 12.1 Å². The molecule has 0 saturated heterocycles. The molecule has 2 amide bonds. The maximum Gasteiger partial charge on any atom is 0.350 e. The van der Waals surface area contributed by atoms with Crippen molar-refractivity contribution in [2.24, 2.45) is 11.7 Å². The van der Waals surface area contributed by atoms with Crippen molar-refractivity contribution in [3.8, 4) is 16.2 Å². The largest absolute Gasteiger partial charge is 0.489 e. The second kappa shape index (κ2) is 8.43. The minimum atomic E-state index is -0.598. The van der Waals surface area contributed by atoms with Crippen LogP contribution in [-0.2, 0) is 6.61 Å². The molecule has 5 N–H and O–H groups in total. The Balaban J connectivity index is 1.83. The maximum absolute atomic E-state index is 11.8. The standard InChI is InChI=1S/C21H24N4O2S/c1-13-5-4-6-18(25(23)21(26)24-22)17(13)12-27-19-8-7-16(11-15(19)3)20-14(2)9-10-28-20/h4-11H,12,22-23H2,1-3H3,(H,24,26). The molecule has 6 nitrogen and oxygen atoms in total. The quantitative estimate of drug-likeness (QED) is 0.343. The number of hydrogen-bond donors (Lipinski definition) is 3. The number of hydrazine groups is 2. The van der Waals surface area contributed by atoms with Gasteiger partial charge in [-0.05, 0) is 78.7 Å². The maximum atomic E-state index is 11.8. The number of rotatable bonds is 5. The lowest BCUT2D eigenvalue weighted by atomic mass is 10.1. The first-order chi connectivity index (χ1) is 13.4. The van der Waals surface area contributed by atoms with Crippen LogP contribution < -0.4 is 26.9 Å². The molecule has 1 aromatic heterocycles. The van der Waals surface area contributed by atoms with Gasteiger partial charge in [0.1, 0.15) is 12.4 Å². The van der Waals surface area contributed by atoms with Crippen LogP contribution in [0.15, 0.2) is 47.8 Å². The molecule has 146 valence electrons. The summed E-state index contributed by atoms with van der Waals surface area (Å²) in [5.41, 5.74) is 7.88. The second-order valence-electron chi connectivity index (χ2n) is 6.59. The van der Waals surface area contributed by atoms with Gasteiger partial charge in [0.2, 0.25) is 0 Å². The predicted octanol–water partition coefficient (Wildman–Crippen LogP) is 4.18. The van der Waals surface area contributed by atoms with E-state index in [9.17, 15) is 4.79 Å². The molecular formula is C21H24N4O2S. The third-order valence-corrected chi connectivity index (χ3v) is 5.72. The molecule has 1 heterocycles. The summed E-state index contributed by atoms with van der Waals surface area (Å²) in [6.45, 7) is 6.37. The molecule has 0 spiro atoms. The third-order valence-electron chi connectivity index (χ3n) is 4.66. The number of ether oxygens (including phenoxy) is 1. The number of amides is 2. The highest BCUT2D eigenvalue weighted by Crippen LogP contribution is 2.33. The lowest BCUT2D eigenvalue weighted by Crippen LogP contribution is -2.48. The van der Waals surface area contributed by atoms with Gasteiger partial charge in [0.15, 0.2) is 0 Å². The third kappa shape index (κ3) is 4.01. The number of nitrogens with one attached hydrogen (secondary N) is 1. The van der Waals surface area contributed by atoms with E-state index in [1.54, 1.807) is 17.4 Å². The van der Waals surface area contributed by atoms with Crippen LogP contribution in [0, 0.1) is 20.8 Å². The first-order valence-corrected chi connectivity index (χ1v) is 9.72. The highest BCUT2D eigenvalue weighted by Gasteiger charge is 2.16.